The molecule has 0 unspecified atom stereocenters. The van der Waals surface area contributed by atoms with Crippen molar-refractivity contribution < 1.29 is 28.7 Å². The topological polar surface area (TPSA) is 117 Å². The lowest BCUT2D eigenvalue weighted by Gasteiger charge is -2.21. The van der Waals surface area contributed by atoms with E-state index < -0.39 is 36.0 Å². The maximum atomic E-state index is 12.3. The van der Waals surface area contributed by atoms with Crippen molar-refractivity contribution in [2.45, 2.75) is 12.5 Å². The van der Waals surface area contributed by atoms with Gasteiger partial charge in [-0.2, -0.15) is 4.79 Å². The first-order valence-electron chi connectivity index (χ1n) is 6.26. The molecule has 1 atom stereocenters. The molecule has 0 bridgehead atoms. The van der Waals surface area contributed by atoms with E-state index in [0.717, 1.165) is 7.11 Å². The van der Waals surface area contributed by atoms with Crippen molar-refractivity contribution in [1.82, 2.24) is 4.90 Å². The molecule has 1 aliphatic rings. The molecule has 0 saturated carbocycles. The fraction of sp³-hybridized carbons (Fsp3) is 0.214. The third-order valence-corrected chi connectivity index (χ3v) is 3.24. The lowest BCUT2D eigenvalue weighted by molar-refractivity contribution is -0.143. The van der Waals surface area contributed by atoms with E-state index in [-0.39, 0.29) is 11.1 Å². The number of carbonyl (C=O) groups excluding carboxylic acids is 4. The van der Waals surface area contributed by atoms with E-state index >= 15 is 0 Å². The van der Waals surface area contributed by atoms with Gasteiger partial charge < -0.3 is 10.3 Å². The van der Waals surface area contributed by atoms with Crippen LogP contribution < -0.4 is 0 Å². The number of ketones is 1. The SMILES string of the molecule is COC(=O)C[C@H](C(=O)C=[N+]=[N-])N1C(=O)c2ccccc2C1=O. The molecule has 2 amide bonds. The minimum Gasteiger partial charge on any atom is -0.469 e. The van der Waals surface area contributed by atoms with Crippen LogP contribution in [0.4, 0.5) is 0 Å². The number of carbonyl (C=O) groups is 4. The largest absolute Gasteiger partial charge is 0.469 e. The molecule has 0 aliphatic carbocycles. The first kappa shape index (κ1) is 15.3. The van der Waals surface area contributed by atoms with Crippen LogP contribution >= 0.6 is 0 Å². The number of amides is 2. The van der Waals surface area contributed by atoms with Gasteiger partial charge in [-0.25, -0.2) is 0 Å². The quantitative estimate of drug-likeness (QED) is 0.251. The number of methoxy groups -OCH3 is 1. The lowest BCUT2D eigenvalue weighted by Crippen LogP contribution is -2.46. The predicted octanol–water partition coefficient (Wildman–Crippen LogP) is 0.0840. The van der Waals surface area contributed by atoms with Gasteiger partial charge in [-0.1, -0.05) is 12.1 Å². The number of hydrogen-bond acceptors (Lipinski definition) is 5. The van der Waals surface area contributed by atoms with Gasteiger partial charge in [0, 0.05) is 0 Å². The molecular weight excluding hydrogens is 290 g/mol. The van der Waals surface area contributed by atoms with Gasteiger partial charge in [0.2, 0.25) is 0 Å². The maximum Gasteiger partial charge on any atom is 0.325 e. The molecule has 112 valence electrons. The summed E-state index contributed by atoms with van der Waals surface area (Å²) in [5.74, 6) is -3.01. The minimum atomic E-state index is -1.42. The highest BCUT2D eigenvalue weighted by atomic mass is 16.5. The lowest BCUT2D eigenvalue weighted by atomic mass is 10.1. The number of imide groups is 1. The highest BCUT2D eigenvalue weighted by Crippen LogP contribution is 2.25. The van der Waals surface area contributed by atoms with Gasteiger partial charge in [0.1, 0.15) is 6.04 Å². The average Bonchev–Trinajstić information content (AvgIpc) is 2.77. The number of fused-ring (bicyclic) bond motifs is 1. The first-order chi connectivity index (χ1) is 10.5. The van der Waals surface area contributed by atoms with E-state index in [9.17, 15) is 19.2 Å². The molecule has 8 heteroatoms. The Hall–Kier alpha value is -3.12. The summed E-state index contributed by atoms with van der Waals surface area (Å²) in [5, 5.41) is 0. The summed E-state index contributed by atoms with van der Waals surface area (Å²) in [5.41, 5.74) is 8.77. The van der Waals surface area contributed by atoms with Crippen molar-refractivity contribution in [1.29, 1.82) is 0 Å². The predicted molar refractivity (Wildman–Crippen MR) is 72.1 cm³/mol. The van der Waals surface area contributed by atoms with Gasteiger partial charge >= 0.3 is 12.2 Å². The monoisotopic (exact) mass is 301 g/mol. The molecule has 1 aromatic rings. The van der Waals surface area contributed by atoms with Crippen molar-refractivity contribution >= 4 is 29.8 Å². The standard InChI is InChI=1S/C14H11N3O5/c1-22-12(19)6-10(11(18)7-16-15)17-13(20)8-4-2-3-5-9(8)14(17)21/h2-5,7,10H,6H2,1H3/t10-/m1/s1. The zero-order valence-electron chi connectivity index (χ0n) is 11.6. The zero-order chi connectivity index (χ0) is 16.3. The van der Waals surface area contributed by atoms with Gasteiger partial charge in [0.25, 0.3) is 17.6 Å². The Balaban J connectivity index is 2.43. The molecule has 1 aliphatic heterocycles. The van der Waals surface area contributed by atoms with Crippen LogP contribution in [-0.4, -0.2) is 52.6 Å². The third-order valence-electron chi connectivity index (χ3n) is 3.24. The molecule has 0 fully saturated rings. The Morgan fingerprint density at radius 3 is 2.27 bits per heavy atom. The van der Waals surface area contributed by atoms with Crippen LogP contribution in [0.5, 0.6) is 0 Å². The summed E-state index contributed by atoms with van der Waals surface area (Å²) in [6, 6.07) is 4.65. The Morgan fingerprint density at radius 1 is 1.27 bits per heavy atom. The van der Waals surface area contributed by atoms with Crippen LogP contribution in [-0.2, 0) is 14.3 Å². The third kappa shape index (κ3) is 2.55. The molecule has 1 aromatic carbocycles. The summed E-state index contributed by atoms with van der Waals surface area (Å²) >= 11 is 0. The molecule has 1 heterocycles. The summed E-state index contributed by atoms with van der Waals surface area (Å²) < 4.78 is 4.47. The Morgan fingerprint density at radius 2 is 1.82 bits per heavy atom. The van der Waals surface area contributed by atoms with Crippen molar-refractivity contribution in [3.05, 3.63) is 40.9 Å². The van der Waals surface area contributed by atoms with Gasteiger partial charge in [-0.3, -0.25) is 24.1 Å². The van der Waals surface area contributed by atoms with Crippen LogP contribution in [0.15, 0.2) is 24.3 Å². The fourth-order valence-corrected chi connectivity index (χ4v) is 2.19. The molecule has 0 spiro atoms. The summed E-state index contributed by atoms with van der Waals surface area (Å²) in [4.78, 5) is 51.3. The van der Waals surface area contributed by atoms with Gasteiger partial charge in [-0.15, -0.1) is 0 Å². The second kappa shape index (κ2) is 6.11. The molecule has 0 aromatic heterocycles. The van der Waals surface area contributed by atoms with Crippen LogP contribution in [0, 0.1) is 0 Å². The van der Waals surface area contributed by atoms with Crippen molar-refractivity contribution in [3.8, 4) is 0 Å². The van der Waals surface area contributed by atoms with Crippen molar-refractivity contribution in [2.24, 2.45) is 0 Å². The first-order valence-corrected chi connectivity index (χ1v) is 6.26. The molecule has 0 saturated heterocycles. The molecule has 2 rings (SSSR count). The number of Topliss-reactive ketones (excluding diaryl/α,β-unsaturated/α-hetero) is 1. The molecule has 8 nitrogen and oxygen atoms in total. The number of esters is 1. The van der Waals surface area contributed by atoms with E-state index in [1.54, 1.807) is 12.1 Å². The maximum absolute atomic E-state index is 12.3. The Bertz CT molecular complexity index is 686. The second-order valence-corrected chi connectivity index (χ2v) is 4.47. The molecular formula is C14H11N3O5. The van der Waals surface area contributed by atoms with E-state index in [1.807, 2.05) is 0 Å². The van der Waals surface area contributed by atoms with Crippen molar-refractivity contribution in [2.75, 3.05) is 7.11 Å². The molecule has 0 N–H and O–H groups in total. The smallest absolute Gasteiger partial charge is 0.325 e. The fourth-order valence-electron chi connectivity index (χ4n) is 2.19. The Labute approximate surface area is 124 Å². The van der Waals surface area contributed by atoms with E-state index in [2.05, 4.69) is 9.53 Å². The summed E-state index contributed by atoms with van der Waals surface area (Å²) in [6.07, 6.45) is 0.0178. The highest BCUT2D eigenvalue weighted by molar-refractivity contribution is 6.32. The van der Waals surface area contributed by atoms with E-state index in [0.29, 0.717) is 11.1 Å². The number of hydrogen-bond donors (Lipinski definition) is 0. The number of nitrogens with zero attached hydrogens (tertiary/aromatic N) is 3. The summed E-state index contributed by atoms with van der Waals surface area (Å²) in [7, 11) is 1.12. The average molecular weight is 301 g/mol. The van der Waals surface area contributed by atoms with Crippen molar-refractivity contribution in [3.63, 3.8) is 0 Å². The minimum absolute atomic E-state index is 0.149. The van der Waals surface area contributed by atoms with Gasteiger partial charge in [0.05, 0.1) is 24.7 Å². The molecule has 0 radical (unpaired) electrons. The van der Waals surface area contributed by atoms with E-state index in [4.69, 9.17) is 5.53 Å². The van der Waals surface area contributed by atoms with Crippen LogP contribution in [0.2, 0.25) is 0 Å². The summed E-state index contributed by atoms with van der Waals surface area (Å²) in [6.45, 7) is 0. The van der Waals surface area contributed by atoms with Gasteiger partial charge in [0.15, 0.2) is 0 Å². The number of rotatable bonds is 5. The highest BCUT2D eigenvalue weighted by Gasteiger charge is 2.44. The molecule has 22 heavy (non-hydrogen) atoms. The zero-order valence-corrected chi connectivity index (χ0v) is 11.6. The van der Waals surface area contributed by atoms with Crippen LogP contribution in [0.1, 0.15) is 27.1 Å². The number of ether oxygens (including phenoxy) is 1. The van der Waals surface area contributed by atoms with Crippen LogP contribution in [0.25, 0.3) is 5.53 Å². The number of benzene rings is 1. The van der Waals surface area contributed by atoms with Crippen LogP contribution in [0.3, 0.4) is 0 Å². The normalized spacial score (nSPS) is 14.1. The second-order valence-electron chi connectivity index (χ2n) is 4.47. The Kier molecular flexibility index (Phi) is 4.24. The van der Waals surface area contributed by atoms with Gasteiger partial charge in [-0.05, 0) is 12.1 Å². The van der Waals surface area contributed by atoms with E-state index in [1.165, 1.54) is 12.1 Å².